The van der Waals surface area contributed by atoms with E-state index in [1.807, 2.05) is 17.5 Å². The van der Waals surface area contributed by atoms with Gasteiger partial charge in [-0.15, -0.1) is 11.3 Å². The first-order chi connectivity index (χ1) is 7.61. The molecule has 3 nitrogen and oxygen atoms in total. The van der Waals surface area contributed by atoms with Gasteiger partial charge in [0.05, 0.1) is 6.04 Å². The maximum atomic E-state index is 13.0. The first-order valence-electron chi connectivity index (χ1n) is 4.67. The zero-order valence-corrected chi connectivity index (χ0v) is 9.17. The lowest BCUT2D eigenvalue weighted by Crippen LogP contribution is -2.11. The molecule has 1 atom stereocenters. The molecule has 0 radical (unpaired) electrons. The number of rotatable bonds is 2. The quantitative estimate of drug-likeness (QED) is 0.555. The molecule has 0 amide bonds. The second kappa shape index (κ2) is 4.11. The average molecular weight is 238 g/mol. The van der Waals surface area contributed by atoms with Gasteiger partial charge in [0, 0.05) is 10.4 Å². The van der Waals surface area contributed by atoms with Crippen molar-refractivity contribution in [1.29, 1.82) is 0 Å². The number of phenolic OH excluding ortho intramolecular Hbond substituents is 1. The van der Waals surface area contributed by atoms with E-state index in [-0.39, 0.29) is 11.4 Å². The van der Waals surface area contributed by atoms with Crippen LogP contribution in [-0.2, 0) is 0 Å². The predicted octanol–water partition coefficient (Wildman–Crippen LogP) is 2.22. The van der Waals surface area contributed by atoms with Gasteiger partial charge in [0.25, 0.3) is 0 Å². The molecule has 0 unspecified atom stereocenters. The Hall–Kier alpha value is -1.59. The van der Waals surface area contributed by atoms with Crippen molar-refractivity contribution in [3.63, 3.8) is 0 Å². The van der Waals surface area contributed by atoms with Crippen LogP contribution in [0.4, 0.5) is 10.1 Å². The van der Waals surface area contributed by atoms with Gasteiger partial charge in [0.2, 0.25) is 0 Å². The standard InChI is InChI=1S/C11H11FN2OS/c12-7-4-3-6(11(15)10(7)14)9(13)8-2-1-5-16-8/h1-5,9,15H,13-14H2/t9-/m1/s1. The fourth-order valence-electron chi connectivity index (χ4n) is 1.47. The molecule has 16 heavy (non-hydrogen) atoms. The second-order valence-electron chi connectivity index (χ2n) is 3.39. The number of nitrogens with two attached hydrogens (primary N) is 2. The van der Waals surface area contributed by atoms with Crippen molar-refractivity contribution in [2.75, 3.05) is 5.73 Å². The highest BCUT2D eigenvalue weighted by atomic mass is 32.1. The molecule has 1 aromatic carbocycles. The third-order valence-electron chi connectivity index (χ3n) is 2.38. The SMILES string of the molecule is Nc1c(F)ccc([C@@H](N)c2cccs2)c1O. The van der Waals surface area contributed by atoms with Crippen LogP contribution in [0.15, 0.2) is 29.6 Å². The number of hydrogen-bond acceptors (Lipinski definition) is 4. The summed E-state index contributed by atoms with van der Waals surface area (Å²) in [5.74, 6) is -0.916. The summed E-state index contributed by atoms with van der Waals surface area (Å²) in [6.07, 6.45) is 0. The number of aromatic hydroxyl groups is 1. The predicted molar refractivity (Wildman–Crippen MR) is 62.8 cm³/mol. The number of hydrogen-bond donors (Lipinski definition) is 3. The molecule has 5 N–H and O–H groups in total. The lowest BCUT2D eigenvalue weighted by Gasteiger charge is -2.13. The van der Waals surface area contributed by atoms with E-state index in [9.17, 15) is 9.50 Å². The van der Waals surface area contributed by atoms with E-state index >= 15 is 0 Å². The van der Waals surface area contributed by atoms with Crippen molar-refractivity contribution in [3.8, 4) is 5.75 Å². The van der Waals surface area contributed by atoms with Gasteiger partial charge in [-0.05, 0) is 17.5 Å². The first kappa shape index (κ1) is 10.9. The smallest absolute Gasteiger partial charge is 0.149 e. The van der Waals surface area contributed by atoms with Crippen molar-refractivity contribution < 1.29 is 9.50 Å². The molecule has 0 spiro atoms. The van der Waals surface area contributed by atoms with Gasteiger partial charge in [-0.3, -0.25) is 0 Å². The van der Waals surface area contributed by atoms with Crippen LogP contribution in [-0.4, -0.2) is 5.11 Å². The van der Waals surface area contributed by atoms with Crippen molar-refractivity contribution in [2.45, 2.75) is 6.04 Å². The Kier molecular flexibility index (Phi) is 2.80. The normalized spacial score (nSPS) is 12.6. The maximum Gasteiger partial charge on any atom is 0.149 e. The van der Waals surface area contributed by atoms with Gasteiger partial charge >= 0.3 is 0 Å². The summed E-state index contributed by atoms with van der Waals surface area (Å²) in [6.45, 7) is 0. The van der Waals surface area contributed by atoms with Crippen LogP contribution >= 0.6 is 11.3 Å². The molecule has 0 aliphatic carbocycles. The summed E-state index contributed by atoms with van der Waals surface area (Å²) in [5.41, 5.74) is 11.5. The van der Waals surface area contributed by atoms with E-state index in [1.54, 1.807) is 0 Å². The van der Waals surface area contributed by atoms with Crippen LogP contribution in [0.25, 0.3) is 0 Å². The lowest BCUT2D eigenvalue weighted by molar-refractivity contribution is 0.463. The van der Waals surface area contributed by atoms with E-state index in [1.165, 1.54) is 23.5 Å². The molecule has 0 aliphatic rings. The molecular formula is C11H11FN2OS. The van der Waals surface area contributed by atoms with E-state index in [0.29, 0.717) is 5.56 Å². The number of thiophene rings is 1. The average Bonchev–Trinajstić information content (AvgIpc) is 2.79. The Morgan fingerprint density at radius 2 is 2.06 bits per heavy atom. The monoisotopic (exact) mass is 238 g/mol. The third-order valence-corrected chi connectivity index (χ3v) is 3.34. The largest absolute Gasteiger partial charge is 0.505 e. The van der Waals surface area contributed by atoms with Crippen molar-refractivity contribution in [1.82, 2.24) is 0 Å². The van der Waals surface area contributed by atoms with Gasteiger partial charge in [-0.1, -0.05) is 12.1 Å². The molecule has 1 heterocycles. The minimum atomic E-state index is -0.639. The highest BCUT2D eigenvalue weighted by molar-refractivity contribution is 7.10. The summed E-state index contributed by atoms with van der Waals surface area (Å²) in [4.78, 5) is 0.890. The molecule has 0 saturated heterocycles. The molecule has 5 heteroatoms. The Morgan fingerprint density at radius 1 is 1.31 bits per heavy atom. The third kappa shape index (κ3) is 1.75. The molecule has 2 rings (SSSR count). The molecule has 0 bridgehead atoms. The molecule has 2 aromatic rings. The van der Waals surface area contributed by atoms with E-state index in [4.69, 9.17) is 11.5 Å². The summed E-state index contributed by atoms with van der Waals surface area (Å²) < 4.78 is 13.0. The van der Waals surface area contributed by atoms with Gasteiger partial charge in [-0.25, -0.2) is 4.39 Å². The van der Waals surface area contributed by atoms with Crippen LogP contribution < -0.4 is 11.5 Å². The Morgan fingerprint density at radius 3 is 2.69 bits per heavy atom. The van der Waals surface area contributed by atoms with Crippen molar-refractivity contribution in [2.24, 2.45) is 5.73 Å². The van der Waals surface area contributed by atoms with Crippen LogP contribution in [0.1, 0.15) is 16.5 Å². The zero-order chi connectivity index (χ0) is 11.7. The summed E-state index contributed by atoms with van der Waals surface area (Å²) in [5, 5.41) is 11.6. The molecular weight excluding hydrogens is 227 g/mol. The molecule has 0 aliphatic heterocycles. The van der Waals surface area contributed by atoms with Crippen molar-refractivity contribution in [3.05, 3.63) is 45.9 Å². The van der Waals surface area contributed by atoms with E-state index in [0.717, 1.165) is 4.88 Å². The fourth-order valence-corrected chi connectivity index (χ4v) is 2.22. The zero-order valence-electron chi connectivity index (χ0n) is 8.35. The Labute approximate surface area is 96.1 Å². The number of benzene rings is 1. The van der Waals surface area contributed by atoms with Crippen molar-refractivity contribution >= 4 is 17.0 Å². The van der Waals surface area contributed by atoms with Gasteiger partial charge in [0.15, 0.2) is 0 Å². The lowest BCUT2D eigenvalue weighted by atomic mass is 10.0. The van der Waals surface area contributed by atoms with E-state index in [2.05, 4.69) is 0 Å². The summed E-state index contributed by atoms with van der Waals surface area (Å²) in [6, 6.07) is 5.89. The molecule has 84 valence electrons. The highest BCUT2D eigenvalue weighted by Crippen LogP contribution is 2.34. The summed E-state index contributed by atoms with van der Waals surface area (Å²) >= 11 is 1.47. The highest BCUT2D eigenvalue weighted by Gasteiger charge is 2.17. The van der Waals surface area contributed by atoms with E-state index < -0.39 is 11.9 Å². The minimum Gasteiger partial charge on any atom is -0.505 e. The van der Waals surface area contributed by atoms with Crippen LogP contribution in [0, 0.1) is 5.82 Å². The minimum absolute atomic E-state index is 0.260. The number of phenols is 1. The fraction of sp³-hybridized carbons (Fsp3) is 0.0909. The molecule has 0 saturated carbocycles. The van der Waals surface area contributed by atoms with Crippen LogP contribution in [0.3, 0.4) is 0 Å². The van der Waals surface area contributed by atoms with Crippen LogP contribution in [0.2, 0.25) is 0 Å². The number of anilines is 1. The van der Waals surface area contributed by atoms with Gasteiger partial charge < -0.3 is 16.6 Å². The maximum absolute atomic E-state index is 13.0. The number of halogens is 1. The second-order valence-corrected chi connectivity index (χ2v) is 4.37. The first-order valence-corrected chi connectivity index (χ1v) is 5.55. The van der Waals surface area contributed by atoms with Gasteiger partial charge in [0.1, 0.15) is 17.3 Å². The Bertz CT molecular complexity index is 499. The Balaban J connectivity index is 2.45. The topological polar surface area (TPSA) is 72.3 Å². The van der Waals surface area contributed by atoms with Crippen LogP contribution in [0.5, 0.6) is 5.75 Å². The molecule has 1 aromatic heterocycles. The number of nitrogen functional groups attached to an aromatic ring is 1. The van der Waals surface area contributed by atoms with Gasteiger partial charge in [-0.2, -0.15) is 0 Å². The molecule has 0 fully saturated rings. The summed E-state index contributed by atoms with van der Waals surface area (Å²) in [7, 11) is 0.